The van der Waals surface area contributed by atoms with E-state index in [1.807, 2.05) is 0 Å². The molecule has 5 nitrogen and oxygen atoms in total. The maximum atomic E-state index is 12.9. The van der Waals surface area contributed by atoms with Gasteiger partial charge in [0.25, 0.3) is 11.8 Å². The van der Waals surface area contributed by atoms with E-state index < -0.39 is 5.91 Å². The van der Waals surface area contributed by atoms with E-state index in [1.54, 1.807) is 43.4 Å². The summed E-state index contributed by atoms with van der Waals surface area (Å²) in [7, 11) is 1.64. The van der Waals surface area contributed by atoms with Gasteiger partial charge in [0.1, 0.15) is 11.6 Å². The van der Waals surface area contributed by atoms with Crippen molar-refractivity contribution in [2.75, 3.05) is 13.7 Å². The Morgan fingerprint density at radius 2 is 1.78 bits per heavy atom. The van der Waals surface area contributed by atoms with E-state index in [4.69, 9.17) is 10.5 Å². The highest BCUT2D eigenvalue weighted by atomic mass is 19.1. The van der Waals surface area contributed by atoms with E-state index in [2.05, 4.69) is 0 Å². The first-order valence-corrected chi connectivity index (χ1v) is 6.97. The quantitative estimate of drug-likeness (QED) is 0.885. The molecule has 0 saturated heterocycles. The highest BCUT2D eigenvalue weighted by molar-refractivity contribution is 5.96. The fourth-order valence-corrected chi connectivity index (χ4v) is 2.06. The van der Waals surface area contributed by atoms with Gasteiger partial charge < -0.3 is 15.4 Å². The summed E-state index contributed by atoms with van der Waals surface area (Å²) in [4.78, 5) is 24.9. The third-order valence-electron chi connectivity index (χ3n) is 3.17. The van der Waals surface area contributed by atoms with Crippen LogP contribution in [0, 0.1) is 5.82 Å². The van der Waals surface area contributed by atoms with Crippen LogP contribution in [0.3, 0.4) is 0 Å². The van der Waals surface area contributed by atoms with Crippen LogP contribution < -0.4 is 10.5 Å². The Hall–Kier alpha value is -2.89. The van der Waals surface area contributed by atoms with Crippen LogP contribution in [0.15, 0.2) is 48.5 Å². The summed E-state index contributed by atoms with van der Waals surface area (Å²) in [5, 5.41) is 0. The van der Waals surface area contributed by atoms with Gasteiger partial charge in [-0.15, -0.1) is 0 Å². The van der Waals surface area contributed by atoms with Crippen molar-refractivity contribution in [3.8, 4) is 5.75 Å². The first-order valence-electron chi connectivity index (χ1n) is 6.97. The molecule has 2 N–H and O–H groups in total. The number of carbonyl (C=O) groups excluding carboxylic acids is 2. The Morgan fingerprint density at radius 3 is 2.43 bits per heavy atom. The number of ether oxygens (including phenoxy) is 1. The third-order valence-corrected chi connectivity index (χ3v) is 3.17. The fraction of sp³-hybridized carbons (Fsp3) is 0.176. The molecule has 0 unspecified atom stereocenters. The predicted octanol–water partition coefficient (Wildman–Crippen LogP) is 1.96. The SMILES string of the molecule is CN(Cc1ccc(F)cc1)C(=O)c1ccccc1OCC(N)=O. The van der Waals surface area contributed by atoms with Gasteiger partial charge in [-0.25, -0.2) is 4.39 Å². The van der Waals surface area contributed by atoms with Crippen molar-refractivity contribution in [2.45, 2.75) is 6.54 Å². The molecule has 0 saturated carbocycles. The maximum Gasteiger partial charge on any atom is 0.257 e. The first kappa shape index (κ1) is 16.5. The van der Waals surface area contributed by atoms with Gasteiger partial charge in [0, 0.05) is 13.6 Å². The van der Waals surface area contributed by atoms with Gasteiger partial charge in [-0.2, -0.15) is 0 Å². The van der Waals surface area contributed by atoms with Crippen LogP contribution >= 0.6 is 0 Å². The summed E-state index contributed by atoms with van der Waals surface area (Å²) >= 11 is 0. The van der Waals surface area contributed by atoms with Crippen LogP contribution in [0.2, 0.25) is 0 Å². The summed E-state index contributed by atoms with van der Waals surface area (Å²) in [5.41, 5.74) is 6.19. The largest absolute Gasteiger partial charge is 0.483 e. The number of benzene rings is 2. The molecular weight excluding hydrogens is 299 g/mol. The monoisotopic (exact) mass is 316 g/mol. The minimum atomic E-state index is -0.619. The lowest BCUT2D eigenvalue weighted by Gasteiger charge is -2.19. The van der Waals surface area contributed by atoms with Gasteiger partial charge in [-0.1, -0.05) is 24.3 Å². The Bertz CT molecular complexity index is 701. The van der Waals surface area contributed by atoms with E-state index in [1.165, 1.54) is 17.0 Å². The van der Waals surface area contributed by atoms with Gasteiger partial charge in [0.15, 0.2) is 6.61 Å². The van der Waals surface area contributed by atoms with Gasteiger partial charge in [-0.3, -0.25) is 9.59 Å². The van der Waals surface area contributed by atoms with Crippen LogP contribution in [0.1, 0.15) is 15.9 Å². The molecule has 0 spiro atoms. The molecule has 2 aromatic rings. The van der Waals surface area contributed by atoms with Crippen molar-refractivity contribution in [3.05, 3.63) is 65.5 Å². The summed E-state index contributed by atoms with van der Waals surface area (Å²) < 4.78 is 18.2. The highest BCUT2D eigenvalue weighted by Crippen LogP contribution is 2.20. The molecular formula is C17H17FN2O3. The minimum Gasteiger partial charge on any atom is -0.483 e. The van der Waals surface area contributed by atoms with E-state index in [0.717, 1.165) is 5.56 Å². The molecule has 6 heteroatoms. The van der Waals surface area contributed by atoms with Crippen LogP contribution in [-0.2, 0) is 11.3 Å². The number of nitrogens with two attached hydrogens (primary N) is 1. The normalized spacial score (nSPS) is 10.2. The number of primary amides is 1. The number of amides is 2. The lowest BCUT2D eigenvalue weighted by Crippen LogP contribution is -2.27. The Labute approximate surface area is 133 Å². The number of nitrogens with zero attached hydrogens (tertiary/aromatic N) is 1. The summed E-state index contributed by atoms with van der Waals surface area (Å²) in [6.45, 7) is 0.0231. The Morgan fingerprint density at radius 1 is 1.13 bits per heavy atom. The maximum absolute atomic E-state index is 12.9. The van der Waals surface area contributed by atoms with Gasteiger partial charge in [-0.05, 0) is 29.8 Å². The van der Waals surface area contributed by atoms with Crippen molar-refractivity contribution in [2.24, 2.45) is 5.73 Å². The molecule has 0 aliphatic heterocycles. The van der Waals surface area contributed by atoms with Crippen LogP contribution in [0.5, 0.6) is 5.75 Å². The lowest BCUT2D eigenvalue weighted by molar-refractivity contribution is -0.119. The van der Waals surface area contributed by atoms with E-state index >= 15 is 0 Å². The summed E-state index contributed by atoms with van der Waals surface area (Å²) in [5.74, 6) is -0.920. The number of halogens is 1. The van der Waals surface area contributed by atoms with Crippen molar-refractivity contribution >= 4 is 11.8 Å². The average Bonchev–Trinajstić information content (AvgIpc) is 2.54. The average molecular weight is 316 g/mol. The highest BCUT2D eigenvalue weighted by Gasteiger charge is 2.17. The van der Waals surface area contributed by atoms with Gasteiger partial charge in [0.05, 0.1) is 5.56 Å². The molecule has 0 radical (unpaired) electrons. The molecule has 120 valence electrons. The molecule has 0 bridgehead atoms. The lowest BCUT2D eigenvalue weighted by atomic mass is 10.1. The molecule has 0 aromatic heterocycles. The predicted molar refractivity (Wildman–Crippen MR) is 83.3 cm³/mol. The van der Waals surface area contributed by atoms with Gasteiger partial charge in [0.2, 0.25) is 0 Å². The fourth-order valence-electron chi connectivity index (χ4n) is 2.06. The number of rotatable bonds is 6. The zero-order valence-corrected chi connectivity index (χ0v) is 12.7. The molecule has 0 fully saturated rings. The van der Waals surface area contributed by atoms with Crippen molar-refractivity contribution < 1.29 is 18.7 Å². The molecule has 2 rings (SSSR count). The molecule has 2 aromatic carbocycles. The van der Waals surface area contributed by atoms with Crippen molar-refractivity contribution in [1.29, 1.82) is 0 Å². The zero-order chi connectivity index (χ0) is 16.8. The number of para-hydroxylation sites is 1. The second kappa shape index (κ2) is 7.40. The molecule has 2 amide bonds. The molecule has 0 heterocycles. The molecule has 0 aliphatic rings. The third kappa shape index (κ3) is 4.54. The van der Waals surface area contributed by atoms with Crippen molar-refractivity contribution in [3.63, 3.8) is 0 Å². The topological polar surface area (TPSA) is 72.6 Å². The minimum absolute atomic E-state index is 0.269. The second-order valence-corrected chi connectivity index (χ2v) is 5.04. The summed E-state index contributed by atoms with van der Waals surface area (Å²) in [6.07, 6.45) is 0. The Kier molecular flexibility index (Phi) is 5.30. The first-order chi connectivity index (χ1) is 11.0. The second-order valence-electron chi connectivity index (χ2n) is 5.04. The van der Waals surface area contributed by atoms with E-state index in [-0.39, 0.29) is 18.3 Å². The van der Waals surface area contributed by atoms with Crippen LogP contribution in [0.4, 0.5) is 4.39 Å². The van der Waals surface area contributed by atoms with Crippen LogP contribution in [0.25, 0.3) is 0 Å². The van der Waals surface area contributed by atoms with Crippen LogP contribution in [-0.4, -0.2) is 30.4 Å². The number of hydrogen-bond acceptors (Lipinski definition) is 3. The smallest absolute Gasteiger partial charge is 0.257 e. The molecule has 0 aliphatic carbocycles. The number of hydrogen-bond donors (Lipinski definition) is 1. The molecule has 23 heavy (non-hydrogen) atoms. The van der Waals surface area contributed by atoms with E-state index in [9.17, 15) is 14.0 Å². The standard InChI is InChI=1S/C17H17FN2O3/c1-20(10-12-6-8-13(18)9-7-12)17(22)14-4-2-3-5-15(14)23-11-16(19)21/h2-9H,10-11H2,1H3,(H2,19,21). The molecule has 0 atom stereocenters. The zero-order valence-electron chi connectivity index (χ0n) is 12.7. The summed E-state index contributed by atoms with van der Waals surface area (Å²) in [6, 6.07) is 12.5. The number of carbonyl (C=O) groups is 2. The van der Waals surface area contributed by atoms with Gasteiger partial charge >= 0.3 is 0 Å². The van der Waals surface area contributed by atoms with Crippen molar-refractivity contribution in [1.82, 2.24) is 4.90 Å². The Balaban J connectivity index is 2.12. The van der Waals surface area contributed by atoms with E-state index in [0.29, 0.717) is 17.9 Å².